The largest absolute Gasteiger partial charge is 0.392 e. The lowest BCUT2D eigenvalue weighted by Crippen LogP contribution is -2.36. The van der Waals surface area contributed by atoms with Crippen LogP contribution < -0.4 is 5.32 Å². The van der Waals surface area contributed by atoms with Crippen LogP contribution in [0.15, 0.2) is 0 Å². The quantitative estimate of drug-likeness (QED) is 0.765. The topological polar surface area (TPSA) is 66.4 Å². The van der Waals surface area contributed by atoms with Gasteiger partial charge in [-0.2, -0.15) is 0 Å². The van der Waals surface area contributed by atoms with Gasteiger partial charge >= 0.3 is 0 Å². The van der Waals surface area contributed by atoms with Crippen LogP contribution in [0.5, 0.6) is 0 Å². The van der Waals surface area contributed by atoms with Crippen LogP contribution in [0, 0.1) is 5.92 Å². The van der Waals surface area contributed by atoms with Gasteiger partial charge in [0.05, 0.1) is 17.6 Å². The third-order valence-corrected chi connectivity index (χ3v) is 5.72. The molecular weight excluding hydrogens is 238 g/mol. The zero-order chi connectivity index (χ0) is 12.3. The van der Waals surface area contributed by atoms with E-state index < -0.39 is 9.84 Å². The zero-order valence-electron chi connectivity index (χ0n) is 10.3. The van der Waals surface area contributed by atoms with Crippen LogP contribution in [-0.2, 0) is 9.84 Å². The highest BCUT2D eigenvalue weighted by Crippen LogP contribution is 2.28. The molecule has 2 rings (SSSR count). The van der Waals surface area contributed by atoms with Gasteiger partial charge in [0.2, 0.25) is 0 Å². The molecule has 1 saturated heterocycles. The Morgan fingerprint density at radius 2 is 1.94 bits per heavy atom. The molecule has 2 unspecified atom stereocenters. The molecule has 0 aromatic carbocycles. The number of rotatable bonds is 5. The molecule has 2 atom stereocenters. The lowest BCUT2D eigenvalue weighted by Gasteiger charge is -2.18. The van der Waals surface area contributed by atoms with Crippen molar-refractivity contribution in [3.05, 3.63) is 0 Å². The standard InChI is InChI=1S/C12H23NO3S/c14-12(7-10-3-1-2-4-10)8-13-11-5-6-17(15,16)9-11/h10-14H,1-9H2. The second-order valence-corrected chi connectivity index (χ2v) is 7.78. The molecule has 2 N–H and O–H groups in total. The summed E-state index contributed by atoms with van der Waals surface area (Å²) in [5.41, 5.74) is 0. The van der Waals surface area contributed by atoms with Crippen LogP contribution in [0.4, 0.5) is 0 Å². The number of sulfone groups is 1. The summed E-state index contributed by atoms with van der Waals surface area (Å²) in [5, 5.41) is 13.1. The number of hydrogen-bond donors (Lipinski definition) is 2. The fourth-order valence-corrected chi connectivity index (χ4v) is 4.68. The van der Waals surface area contributed by atoms with Crippen molar-refractivity contribution in [2.45, 2.75) is 50.7 Å². The van der Waals surface area contributed by atoms with Crippen molar-refractivity contribution in [2.24, 2.45) is 5.92 Å². The summed E-state index contributed by atoms with van der Waals surface area (Å²) in [5.74, 6) is 1.21. The highest BCUT2D eigenvalue weighted by atomic mass is 32.2. The third kappa shape index (κ3) is 4.23. The van der Waals surface area contributed by atoms with Crippen LogP contribution in [0.2, 0.25) is 0 Å². The average Bonchev–Trinajstić information content (AvgIpc) is 2.85. The maximum atomic E-state index is 11.3. The molecule has 1 aliphatic heterocycles. The van der Waals surface area contributed by atoms with Crippen LogP contribution >= 0.6 is 0 Å². The molecule has 0 radical (unpaired) electrons. The first-order valence-corrected chi connectivity index (χ1v) is 8.49. The molecule has 0 spiro atoms. The maximum Gasteiger partial charge on any atom is 0.151 e. The lowest BCUT2D eigenvalue weighted by atomic mass is 10.00. The Hall–Kier alpha value is -0.130. The van der Waals surface area contributed by atoms with Crippen molar-refractivity contribution in [2.75, 3.05) is 18.1 Å². The van der Waals surface area contributed by atoms with Gasteiger partial charge in [0, 0.05) is 12.6 Å². The number of nitrogens with one attached hydrogen (secondary N) is 1. The van der Waals surface area contributed by atoms with E-state index in [0.717, 1.165) is 6.42 Å². The molecule has 5 heteroatoms. The van der Waals surface area contributed by atoms with E-state index in [1.54, 1.807) is 0 Å². The molecule has 0 aromatic heterocycles. The van der Waals surface area contributed by atoms with Crippen molar-refractivity contribution < 1.29 is 13.5 Å². The Labute approximate surface area is 104 Å². The Morgan fingerprint density at radius 1 is 1.24 bits per heavy atom. The summed E-state index contributed by atoms with van der Waals surface area (Å²) < 4.78 is 22.5. The Bertz CT molecular complexity index is 336. The van der Waals surface area contributed by atoms with Gasteiger partial charge in [-0.25, -0.2) is 8.42 Å². The number of aliphatic hydroxyl groups excluding tert-OH is 1. The molecule has 1 aliphatic carbocycles. The summed E-state index contributed by atoms with van der Waals surface area (Å²) >= 11 is 0. The van der Waals surface area contributed by atoms with Crippen molar-refractivity contribution in [1.82, 2.24) is 5.32 Å². The average molecular weight is 261 g/mol. The van der Waals surface area contributed by atoms with Gasteiger partial charge in [-0.05, 0) is 18.8 Å². The molecule has 1 saturated carbocycles. The Balaban J connectivity index is 1.64. The van der Waals surface area contributed by atoms with Gasteiger partial charge in [0.25, 0.3) is 0 Å². The predicted molar refractivity (Wildman–Crippen MR) is 67.6 cm³/mol. The second kappa shape index (κ2) is 5.67. The van der Waals surface area contributed by atoms with Crippen LogP contribution in [0.1, 0.15) is 38.5 Å². The first-order valence-electron chi connectivity index (χ1n) is 6.67. The predicted octanol–water partition coefficient (Wildman–Crippen LogP) is 0.704. The van der Waals surface area contributed by atoms with Crippen molar-refractivity contribution in [3.63, 3.8) is 0 Å². The van der Waals surface area contributed by atoms with E-state index in [9.17, 15) is 13.5 Å². The van der Waals surface area contributed by atoms with E-state index in [1.807, 2.05) is 0 Å². The number of aliphatic hydroxyl groups is 1. The minimum atomic E-state index is -2.81. The van der Waals surface area contributed by atoms with Crippen molar-refractivity contribution >= 4 is 9.84 Å². The van der Waals surface area contributed by atoms with E-state index in [4.69, 9.17) is 0 Å². The molecule has 4 nitrogen and oxygen atoms in total. The Kier molecular flexibility index (Phi) is 4.44. The highest BCUT2D eigenvalue weighted by molar-refractivity contribution is 7.91. The van der Waals surface area contributed by atoms with Gasteiger partial charge in [0.15, 0.2) is 9.84 Å². The SMILES string of the molecule is O=S1(=O)CCC(NCC(O)CC2CCCC2)C1. The third-order valence-electron chi connectivity index (χ3n) is 3.95. The minimum absolute atomic E-state index is 0.0539. The molecule has 0 bridgehead atoms. The van der Waals surface area contributed by atoms with E-state index in [1.165, 1.54) is 25.7 Å². The normalized spacial score (nSPS) is 30.8. The molecule has 1 heterocycles. The van der Waals surface area contributed by atoms with E-state index in [-0.39, 0.29) is 17.9 Å². The van der Waals surface area contributed by atoms with E-state index in [2.05, 4.69) is 5.32 Å². The second-order valence-electron chi connectivity index (χ2n) is 5.55. The van der Waals surface area contributed by atoms with Crippen LogP contribution in [-0.4, -0.2) is 43.7 Å². The van der Waals surface area contributed by atoms with Crippen molar-refractivity contribution in [3.8, 4) is 0 Å². The van der Waals surface area contributed by atoms with Gasteiger partial charge in [0.1, 0.15) is 0 Å². The molecule has 100 valence electrons. The zero-order valence-corrected chi connectivity index (χ0v) is 11.1. The smallest absolute Gasteiger partial charge is 0.151 e. The highest BCUT2D eigenvalue weighted by Gasteiger charge is 2.28. The van der Waals surface area contributed by atoms with E-state index >= 15 is 0 Å². The van der Waals surface area contributed by atoms with Crippen LogP contribution in [0.3, 0.4) is 0 Å². The molecule has 2 fully saturated rings. The van der Waals surface area contributed by atoms with Gasteiger partial charge in [-0.3, -0.25) is 0 Å². The summed E-state index contributed by atoms with van der Waals surface area (Å²) in [6.07, 6.45) is 6.33. The molecule has 2 aliphatic rings. The summed E-state index contributed by atoms with van der Waals surface area (Å²) in [6.45, 7) is 0.538. The first kappa shape index (κ1) is 13.3. The monoisotopic (exact) mass is 261 g/mol. The maximum absolute atomic E-state index is 11.3. The fourth-order valence-electron chi connectivity index (χ4n) is 2.97. The first-order chi connectivity index (χ1) is 8.05. The molecular formula is C12H23NO3S. The number of hydrogen-bond acceptors (Lipinski definition) is 4. The van der Waals surface area contributed by atoms with Crippen LogP contribution in [0.25, 0.3) is 0 Å². The lowest BCUT2D eigenvalue weighted by molar-refractivity contribution is 0.138. The Morgan fingerprint density at radius 3 is 2.53 bits per heavy atom. The summed E-state index contributed by atoms with van der Waals surface area (Å²) in [7, 11) is -2.81. The van der Waals surface area contributed by atoms with Gasteiger partial charge in [-0.15, -0.1) is 0 Å². The molecule has 17 heavy (non-hydrogen) atoms. The fraction of sp³-hybridized carbons (Fsp3) is 1.00. The molecule has 0 aromatic rings. The van der Waals surface area contributed by atoms with E-state index in [0.29, 0.717) is 24.6 Å². The van der Waals surface area contributed by atoms with Gasteiger partial charge in [-0.1, -0.05) is 25.7 Å². The summed E-state index contributed by atoms with van der Waals surface area (Å²) in [6, 6.07) is 0.0539. The summed E-state index contributed by atoms with van der Waals surface area (Å²) in [4.78, 5) is 0. The minimum Gasteiger partial charge on any atom is -0.392 e. The molecule has 0 amide bonds. The van der Waals surface area contributed by atoms with Crippen molar-refractivity contribution in [1.29, 1.82) is 0 Å². The van der Waals surface area contributed by atoms with Gasteiger partial charge < -0.3 is 10.4 Å².